The number of benzodiazepines with no additional fused rings is 1. The van der Waals surface area contributed by atoms with E-state index in [2.05, 4.69) is 15.0 Å². The number of amides is 1. The number of esters is 2. The van der Waals surface area contributed by atoms with Crippen LogP contribution in [0.2, 0.25) is 5.02 Å². The Kier molecular flexibility index (Phi) is 6.06. The lowest BCUT2D eigenvalue weighted by Crippen LogP contribution is -2.30. The smallest absolute Gasteiger partial charge is 0.308 e. The van der Waals surface area contributed by atoms with Gasteiger partial charge in [-0.15, -0.1) is 0 Å². The van der Waals surface area contributed by atoms with E-state index in [0.29, 0.717) is 22.0 Å². The van der Waals surface area contributed by atoms with E-state index in [1.165, 1.54) is 7.11 Å². The Balaban J connectivity index is 1.94. The Morgan fingerprint density at radius 3 is 2.54 bits per heavy atom. The van der Waals surface area contributed by atoms with E-state index in [0.717, 1.165) is 5.56 Å². The number of carbonyl (C=O) groups is 3. The summed E-state index contributed by atoms with van der Waals surface area (Å²) in [6, 6.07) is 14.2. The van der Waals surface area contributed by atoms with Crippen LogP contribution in [0.25, 0.3) is 0 Å². The molecule has 0 fully saturated rings. The van der Waals surface area contributed by atoms with Crippen molar-refractivity contribution >= 4 is 40.8 Å². The molecule has 1 N–H and O–H groups in total. The van der Waals surface area contributed by atoms with Crippen LogP contribution < -0.4 is 5.32 Å². The number of hydrogen-bond donors (Lipinski definition) is 1. The molecule has 1 aliphatic heterocycles. The van der Waals surface area contributed by atoms with Crippen LogP contribution >= 0.6 is 11.6 Å². The third-order valence-corrected chi connectivity index (χ3v) is 4.25. The molecule has 1 atom stereocenters. The normalized spacial score (nSPS) is 15.6. The summed E-state index contributed by atoms with van der Waals surface area (Å²) in [7, 11) is 1.23. The molecule has 0 bridgehead atoms. The lowest BCUT2D eigenvalue weighted by Gasteiger charge is -2.12. The highest BCUT2D eigenvalue weighted by Crippen LogP contribution is 2.27. The van der Waals surface area contributed by atoms with Gasteiger partial charge >= 0.3 is 11.9 Å². The molecule has 0 aliphatic carbocycles. The van der Waals surface area contributed by atoms with Crippen LogP contribution in [-0.2, 0) is 23.9 Å². The van der Waals surface area contributed by atoms with Crippen LogP contribution in [0, 0.1) is 0 Å². The summed E-state index contributed by atoms with van der Waals surface area (Å²) < 4.78 is 9.71. The number of anilines is 1. The van der Waals surface area contributed by atoms with Crippen molar-refractivity contribution in [3.05, 3.63) is 64.7 Å². The SMILES string of the molecule is COC(=O)CCC(=O)O[C@@H]1N=C(c2ccccc2)c2cc(Cl)ccc2NC1=O. The minimum atomic E-state index is -1.40. The van der Waals surface area contributed by atoms with Gasteiger partial charge in [-0.1, -0.05) is 41.9 Å². The lowest BCUT2D eigenvalue weighted by atomic mass is 10.0. The molecule has 28 heavy (non-hydrogen) atoms. The van der Waals surface area contributed by atoms with Crippen molar-refractivity contribution in [2.45, 2.75) is 19.1 Å². The molecule has 0 saturated heterocycles. The number of aliphatic imine (C=N–C) groups is 1. The first kappa shape index (κ1) is 19.6. The first-order valence-electron chi connectivity index (χ1n) is 8.48. The number of nitrogens with one attached hydrogen (secondary N) is 1. The number of rotatable bonds is 5. The fraction of sp³-hybridized carbons (Fsp3) is 0.200. The Labute approximate surface area is 166 Å². The number of carbonyl (C=O) groups excluding carboxylic acids is 3. The molecular formula is C20H17ClN2O5. The molecule has 1 aliphatic rings. The third kappa shape index (κ3) is 4.55. The van der Waals surface area contributed by atoms with Gasteiger partial charge < -0.3 is 14.8 Å². The topological polar surface area (TPSA) is 94.1 Å². The van der Waals surface area contributed by atoms with Gasteiger partial charge in [0.1, 0.15) is 0 Å². The maximum atomic E-state index is 12.5. The van der Waals surface area contributed by atoms with Gasteiger partial charge in [0.15, 0.2) is 0 Å². The average Bonchev–Trinajstić information content (AvgIpc) is 2.83. The van der Waals surface area contributed by atoms with Crippen LogP contribution in [0.5, 0.6) is 0 Å². The van der Waals surface area contributed by atoms with Crippen LogP contribution in [0.1, 0.15) is 24.0 Å². The summed E-state index contributed by atoms with van der Waals surface area (Å²) >= 11 is 6.13. The zero-order valence-corrected chi connectivity index (χ0v) is 15.7. The van der Waals surface area contributed by atoms with E-state index in [1.54, 1.807) is 18.2 Å². The van der Waals surface area contributed by atoms with Crippen LogP contribution in [0.4, 0.5) is 5.69 Å². The minimum Gasteiger partial charge on any atom is -0.469 e. The predicted molar refractivity (Wildman–Crippen MR) is 103 cm³/mol. The summed E-state index contributed by atoms with van der Waals surface area (Å²) in [4.78, 5) is 40.2. The number of fused-ring (bicyclic) bond motifs is 1. The average molecular weight is 401 g/mol. The van der Waals surface area contributed by atoms with Crippen LogP contribution in [0.3, 0.4) is 0 Å². The van der Waals surface area contributed by atoms with Gasteiger partial charge in [0.05, 0.1) is 31.4 Å². The molecule has 0 aromatic heterocycles. The second-order valence-corrected chi connectivity index (χ2v) is 6.38. The molecule has 1 amide bonds. The highest BCUT2D eigenvalue weighted by Gasteiger charge is 2.29. The fourth-order valence-corrected chi connectivity index (χ4v) is 2.83. The molecule has 8 heteroatoms. The summed E-state index contributed by atoms with van der Waals surface area (Å²) in [5.74, 6) is -1.87. The number of hydrogen-bond acceptors (Lipinski definition) is 6. The van der Waals surface area contributed by atoms with Gasteiger partial charge in [-0.3, -0.25) is 14.4 Å². The number of methoxy groups -OCH3 is 1. The number of nitrogens with zero attached hydrogens (tertiary/aromatic N) is 1. The summed E-state index contributed by atoms with van der Waals surface area (Å²) in [5.41, 5.74) is 2.31. The number of ether oxygens (including phenoxy) is 2. The molecule has 2 aromatic carbocycles. The molecule has 3 rings (SSSR count). The lowest BCUT2D eigenvalue weighted by molar-refractivity contribution is -0.155. The molecule has 0 unspecified atom stereocenters. The predicted octanol–water partition coefficient (Wildman–Crippen LogP) is 2.95. The van der Waals surface area contributed by atoms with E-state index in [-0.39, 0.29) is 12.8 Å². The largest absolute Gasteiger partial charge is 0.469 e. The fourth-order valence-electron chi connectivity index (χ4n) is 2.66. The molecular weight excluding hydrogens is 384 g/mol. The standard InChI is InChI=1S/C20H17ClN2O5/c1-27-16(24)9-10-17(25)28-20-19(26)22-15-8-7-13(21)11-14(15)18(23-20)12-5-3-2-4-6-12/h2-8,11,20H,9-10H2,1H3,(H,22,26)/t20-/m0/s1. The van der Waals surface area contributed by atoms with Crippen molar-refractivity contribution < 1.29 is 23.9 Å². The van der Waals surface area contributed by atoms with E-state index in [1.807, 2.05) is 30.3 Å². The second-order valence-electron chi connectivity index (χ2n) is 5.94. The monoisotopic (exact) mass is 400 g/mol. The van der Waals surface area contributed by atoms with E-state index < -0.39 is 24.1 Å². The van der Waals surface area contributed by atoms with Crippen molar-refractivity contribution in [2.24, 2.45) is 4.99 Å². The van der Waals surface area contributed by atoms with E-state index >= 15 is 0 Å². The Morgan fingerprint density at radius 1 is 1.11 bits per heavy atom. The van der Waals surface area contributed by atoms with Gasteiger partial charge in [-0.25, -0.2) is 4.99 Å². The van der Waals surface area contributed by atoms with E-state index in [9.17, 15) is 14.4 Å². The molecule has 0 radical (unpaired) electrons. The summed E-state index contributed by atoms with van der Waals surface area (Å²) in [5, 5.41) is 3.18. The summed E-state index contributed by atoms with van der Waals surface area (Å²) in [6.07, 6.45) is -1.76. The van der Waals surface area contributed by atoms with Crippen molar-refractivity contribution in [2.75, 3.05) is 12.4 Å². The second kappa shape index (κ2) is 8.67. The van der Waals surface area contributed by atoms with Crippen LogP contribution in [-0.4, -0.2) is 36.9 Å². The van der Waals surface area contributed by atoms with Gasteiger partial charge in [0, 0.05) is 16.1 Å². The zero-order chi connectivity index (χ0) is 20.1. The Hall–Kier alpha value is -3.19. The maximum Gasteiger partial charge on any atom is 0.308 e. The zero-order valence-electron chi connectivity index (χ0n) is 15.0. The van der Waals surface area contributed by atoms with Crippen LogP contribution in [0.15, 0.2) is 53.5 Å². The molecule has 2 aromatic rings. The quantitative estimate of drug-likeness (QED) is 0.779. The van der Waals surface area contributed by atoms with Crippen molar-refractivity contribution in [3.8, 4) is 0 Å². The van der Waals surface area contributed by atoms with Crippen molar-refractivity contribution in [1.29, 1.82) is 0 Å². The molecule has 7 nitrogen and oxygen atoms in total. The van der Waals surface area contributed by atoms with E-state index in [4.69, 9.17) is 16.3 Å². The minimum absolute atomic E-state index is 0.144. The van der Waals surface area contributed by atoms with Gasteiger partial charge in [0.25, 0.3) is 12.1 Å². The number of benzene rings is 2. The van der Waals surface area contributed by atoms with Crippen molar-refractivity contribution in [3.63, 3.8) is 0 Å². The molecule has 0 spiro atoms. The molecule has 0 saturated carbocycles. The van der Waals surface area contributed by atoms with Crippen molar-refractivity contribution in [1.82, 2.24) is 0 Å². The van der Waals surface area contributed by atoms with Gasteiger partial charge in [-0.05, 0) is 18.2 Å². The Bertz CT molecular complexity index is 943. The molecule has 1 heterocycles. The van der Waals surface area contributed by atoms with Gasteiger partial charge in [-0.2, -0.15) is 0 Å². The maximum absolute atomic E-state index is 12.5. The molecule has 144 valence electrons. The highest BCUT2D eigenvalue weighted by molar-refractivity contribution is 6.32. The Morgan fingerprint density at radius 2 is 1.82 bits per heavy atom. The summed E-state index contributed by atoms with van der Waals surface area (Å²) in [6.45, 7) is 0. The number of halogens is 1. The first-order valence-corrected chi connectivity index (χ1v) is 8.86. The first-order chi connectivity index (χ1) is 13.5. The van der Waals surface area contributed by atoms with Gasteiger partial charge in [0.2, 0.25) is 0 Å². The third-order valence-electron chi connectivity index (χ3n) is 4.02. The highest BCUT2D eigenvalue weighted by atomic mass is 35.5.